The first kappa shape index (κ1) is 9.89. The van der Waals surface area contributed by atoms with Gasteiger partial charge in [-0.3, -0.25) is 9.48 Å². The van der Waals surface area contributed by atoms with E-state index in [0.29, 0.717) is 6.42 Å². The molecule has 0 aliphatic carbocycles. The molecule has 1 amide bonds. The molecule has 1 aromatic rings. The van der Waals surface area contributed by atoms with Crippen molar-refractivity contribution < 1.29 is 4.79 Å². The third-order valence-corrected chi connectivity index (χ3v) is 2.33. The number of aromatic nitrogens is 2. The summed E-state index contributed by atoms with van der Waals surface area (Å²) >= 11 is 0. The summed E-state index contributed by atoms with van der Waals surface area (Å²) in [5.41, 5.74) is 1.73. The van der Waals surface area contributed by atoms with Crippen LogP contribution in [0.1, 0.15) is 25.8 Å². The van der Waals surface area contributed by atoms with Crippen molar-refractivity contribution in [1.29, 1.82) is 0 Å². The van der Waals surface area contributed by atoms with E-state index in [4.69, 9.17) is 0 Å². The zero-order chi connectivity index (χ0) is 11.0. The number of carbonyl (C=O) groups excluding carboxylic acids is 1. The predicted molar refractivity (Wildman–Crippen MR) is 56.3 cm³/mol. The van der Waals surface area contributed by atoms with Gasteiger partial charge >= 0.3 is 0 Å². The SMILES string of the molecule is CC(C)N1N=C(c2cnn(C)c2)CC1=O. The Morgan fingerprint density at radius 3 is 2.67 bits per heavy atom. The number of hydrazone groups is 1. The summed E-state index contributed by atoms with van der Waals surface area (Å²) < 4.78 is 1.71. The standard InChI is InChI=1S/C10H14N4O/c1-7(2)14-10(15)4-9(12-14)8-5-11-13(3)6-8/h5-7H,4H2,1-3H3. The van der Waals surface area contributed by atoms with Gasteiger partial charge in [-0.15, -0.1) is 0 Å². The third kappa shape index (κ3) is 1.77. The van der Waals surface area contributed by atoms with E-state index in [-0.39, 0.29) is 11.9 Å². The molecule has 0 N–H and O–H groups in total. The minimum Gasteiger partial charge on any atom is -0.275 e. The van der Waals surface area contributed by atoms with Crippen LogP contribution in [0.25, 0.3) is 0 Å². The zero-order valence-corrected chi connectivity index (χ0v) is 9.14. The number of hydrogen-bond donors (Lipinski definition) is 0. The highest BCUT2D eigenvalue weighted by Gasteiger charge is 2.26. The van der Waals surface area contributed by atoms with Crippen molar-refractivity contribution in [1.82, 2.24) is 14.8 Å². The van der Waals surface area contributed by atoms with Crippen LogP contribution in [-0.2, 0) is 11.8 Å². The van der Waals surface area contributed by atoms with Crippen LogP contribution in [0.4, 0.5) is 0 Å². The second-order valence-corrected chi connectivity index (χ2v) is 3.96. The quantitative estimate of drug-likeness (QED) is 0.717. The fourth-order valence-electron chi connectivity index (χ4n) is 1.58. The van der Waals surface area contributed by atoms with E-state index in [2.05, 4.69) is 10.2 Å². The number of rotatable bonds is 2. The van der Waals surface area contributed by atoms with Crippen molar-refractivity contribution in [2.24, 2.45) is 12.1 Å². The molecule has 0 fully saturated rings. The number of aryl methyl sites for hydroxylation is 1. The van der Waals surface area contributed by atoms with Crippen molar-refractivity contribution >= 4 is 11.6 Å². The smallest absolute Gasteiger partial charge is 0.249 e. The lowest BCUT2D eigenvalue weighted by molar-refractivity contribution is -0.130. The second kappa shape index (κ2) is 3.49. The van der Waals surface area contributed by atoms with Crippen LogP contribution >= 0.6 is 0 Å². The third-order valence-electron chi connectivity index (χ3n) is 2.33. The fourth-order valence-corrected chi connectivity index (χ4v) is 1.58. The van der Waals surface area contributed by atoms with Gasteiger partial charge in [-0.05, 0) is 13.8 Å². The van der Waals surface area contributed by atoms with Gasteiger partial charge in [0.05, 0.1) is 18.3 Å². The summed E-state index contributed by atoms with van der Waals surface area (Å²) in [5.74, 6) is 0.0591. The molecule has 5 nitrogen and oxygen atoms in total. The lowest BCUT2D eigenvalue weighted by Gasteiger charge is -2.15. The van der Waals surface area contributed by atoms with Gasteiger partial charge in [0.2, 0.25) is 5.91 Å². The van der Waals surface area contributed by atoms with Gasteiger partial charge in [0.25, 0.3) is 0 Å². The molecule has 0 unspecified atom stereocenters. The lowest BCUT2D eigenvalue weighted by Crippen LogP contribution is -2.27. The van der Waals surface area contributed by atoms with Crippen molar-refractivity contribution in [2.75, 3.05) is 0 Å². The van der Waals surface area contributed by atoms with E-state index in [1.807, 2.05) is 27.1 Å². The fraction of sp³-hybridized carbons (Fsp3) is 0.500. The molecule has 1 aromatic heterocycles. The highest BCUT2D eigenvalue weighted by atomic mass is 16.2. The monoisotopic (exact) mass is 206 g/mol. The van der Waals surface area contributed by atoms with Crippen molar-refractivity contribution in [2.45, 2.75) is 26.3 Å². The van der Waals surface area contributed by atoms with Gasteiger partial charge in [-0.25, -0.2) is 5.01 Å². The van der Waals surface area contributed by atoms with Crippen LogP contribution in [0, 0.1) is 0 Å². The van der Waals surface area contributed by atoms with Crippen LogP contribution in [0.2, 0.25) is 0 Å². The molecule has 0 bridgehead atoms. The van der Waals surface area contributed by atoms with E-state index < -0.39 is 0 Å². The maximum absolute atomic E-state index is 11.6. The van der Waals surface area contributed by atoms with E-state index in [1.165, 1.54) is 5.01 Å². The minimum atomic E-state index is 0.0591. The molecule has 5 heteroatoms. The average molecular weight is 206 g/mol. The molecule has 0 aromatic carbocycles. The van der Waals surface area contributed by atoms with Gasteiger partial charge < -0.3 is 0 Å². The maximum Gasteiger partial charge on any atom is 0.249 e. The Balaban J connectivity index is 2.26. The van der Waals surface area contributed by atoms with E-state index >= 15 is 0 Å². The lowest BCUT2D eigenvalue weighted by atomic mass is 10.1. The summed E-state index contributed by atoms with van der Waals surface area (Å²) in [4.78, 5) is 11.6. The summed E-state index contributed by atoms with van der Waals surface area (Å²) in [6.07, 6.45) is 3.98. The van der Waals surface area contributed by atoms with Crippen LogP contribution < -0.4 is 0 Å². The molecule has 0 radical (unpaired) electrons. The molecule has 0 saturated carbocycles. The second-order valence-electron chi connectivity index (χ2n) is 3.96. The number of amides is 1. The largest absolute Gasteiger partial charge is 0.275 e. The predicted octanol–water partition coefficient (Wildman–Crippen LogP) is 0.765. The molecule has 0 spiro atoms. The van der Waals surface area contributed by atoms with Crippen molar-refractivity contribution in [3.8, 4) is 0 Å². The Labute approximate surface area is 88.4 Å². The maximum atomic E-state index is 11.6. The zero-order valence-electron chi connectivity index (χ0n) is 9.14. The molecule has 0 saturated heterocycles. The van der Waals surface area contributed by atoms with Gasteiger partial charge in [-0.2, -0.15) is 10.2 Å². The van der Waals surface area contributed by atoms with Gasteiger partial charge in [-0.1, -0.05) is 0 Å². The first-order chi connectivity index (χ1) is 7.08. The highest BCUT2D eigenvalue weighted by Crippen LogP contribution is 2.16. The van der Waals surface area contributed by atoms with Crippen molar-refractivity contribution in [3.05, 3.63) is 18.0 Å². The number of carbonyl (C=O) groups is 1. The van der Waals surface area contributed by atoms with Crippen LogP contribution in [-0.4, -0.2) is 32.5 Å². The first-order valence-corrected chi connectivity index (χ1v) is 4.96. The Kier molecular flexibility index (Phi) is 2.30. The Morgan fingerprint density at radius 2 is 2.20 bits per heavy atom. The molecular formula is C10H14N4O. The van der Waals surface area contributed by atoms with Gasteiger partial charge in [0.15, 0.2) is 0 Å². The van der Waals surface area contributed by atoms with Crippen LogP contribution in [0.5, 0.6) is 0 Å². The summed E-state index contributed by atoms with van der Waals surface area (Å²) in [6.45, 7) is 3.90. The van der Waals surface area contributed by atoms with E-state index in [9.17, 15) is 4.79 Å². The summed E-state index contributed by atoms with van der Waals surface area (Å²) in [5, 5.41) is 9.89. The molecule has 2 rings (SSSR count). The molecule has 1 aliphatic heterocycles. The molecule has 15 heavy (non-hydrogen) atoms. The molecule has 0 atom stereocenters. The molecular weight excluding hydrogens is 192 g/mol. The topological polar surface area (TPSA) is 50.5 Å². The van der Waals surface area contributed by atoms with Crippen LogP contribution in [0.3, 0.4) is 0 Å². The highest BCUT2D eigenvalue weighted by molar-refractivity contribution is 6.13. The first-order valence-electron chi connectivity index (χ1n) is 4.96. The molecule has 2 heterocycles. The summed E-state index contributed by atoms with van der Waals surface area (Å²) in [7, 11) is 1.85. The molecule has 1 aliphatic rings. The Hall–Kier alpha value is -1.65. The number of nitrogens with zero attached hydrogens (tertiary/aromatic N) is 4. The van der Waals surface area contributed by atoms with E-state index in [1.54, 1.807) is 10.9 Å². The van der Waals surface area contributed by atoms with Crippen molar-refractivity contribution in [3.63, 3.8) is 0 Å². The van der Waals surface area contributed by atoms with Gasteiger partial charge in [0.1, 0.15) is 0 Å². The molecule has 80 valence electrons. The Morgan fingerprint density at radius 1 is 1.47 bits per heavy atom. The number of hydrogen-bond acceptors (Lipinski definition) is 3. The Bertz CT molecular complexity index is 419. The normalized spacial score (nSPS) is 16.4. The van der Waals surface area contributed by atoms with Gasteiger partial charge in [0, 0.05) is 24.8 Å². The van der Waals surface area contributed by atoms with E-state index in [0.717, 1.165) is 11.3 Å². The van der Waals surface area contributed by atoms with Crippen LogP contribution in [0.15, 0.2) is 17.5 Å². The average Bonchev–Trinajstić information content (AvgIpc) is 2.71. The minimum absolute atomic E-state index is 0.0591. The summed E-state index contributed by atoms with van der Waals surface area (Å²) in [6, 6.07) is 0.117.